The lowest BCUT2D eigenvalue weighted by molar-refractivity contribution is -0.134. The minimum Gasteiger partial charge on any atom is -0.354 e. The van der Waals surface area contributed by atoms with Crippen molar-refractivity contribution in [3.8, 4) is 6.07 Å². The molecular weight excluding hydrogens is 226 g/mol. The molecule has 1 aliphatic carbocycles. The Morgan fingerprint density at radius 2 is 2.28 bits per heavy atom. The van der Waals surface area contributed by atoms with Gasteiger partial charge in [-0.15, -0.1) is 0 Å². The van der Waals surface area contributed by atoms with E-state index in [9.17, 15) is 10.1 Å². The van der Waals surface area contributed by atoms with Gasteiger partial charge in [0.15, 0.2) is 0 Å². The molecule has 0 spiro atoms. The van der Waals surface area contributed by atoms with Gasteiger partial charge in [0.2, 0.25) is 5.91 Å². The molecule has 1 atom stereocenters. The average molecular weight is 249 g/mol. The summed E-state index contributed by atoms with van der Waals surface area (Å²) in [6, 6.07) is 2.22. The van der Waals surface area contributed by atoms with Crippen LogP contribution in [-0.4, -0.2) is 37.5 Å². The monoisotopic (exact) mass is 249 g/mol. The third-order valence-electron chi connectivity index (χ3n) is 4.32. The summed E-state index contributed by atoms with van der Waals surface area (Å²) in [5.41, 5.74) is -0.722. The highest BCUT2D eigenvalue weighted by Crippen LogP contribution is 2.45. The largest absolute Gasteiger partial charge is 0.354 e. The number of nitriles is 1. The number of carbonyl (C=O) groups is 1. The normalized spacial score (nSPS) is 36.5. The van der Waals surface area contributed by atoms with Crippen molar-refractivity contribution in [1.29, 1.82) is 5.26 Å². The number of hydrogen-bond acceptors (Lipinski definition) is 3. The molecular formula is C14H23N3O. The van der Waals surface area contributed by atoms with E-state index in [0.29, 0.717) is 11.8 Å². The molecule has 1 unspecified atom stereocenters. The maximum atomic E-state index is 12.1. The van der Waals surface area contributed by atoms with E-state index in [0.717, 1.165) is 32.5 Å². The van der Waals surface area contributed by atoms with Crippen molar-refractivity contribution in [3.63, 3.8) is 0 Å². The first-order valence-electron chi connectivity index (χ1n) is 6.94. The van der Waals surface area contributed by atoms with Gasteiger partial charge in [-0.3, -0.25) is 4.79 Å². The number of nitrogens with zero attached hydrogens (tertiary/aromatic N) is 2. The van der Waals surface area contributed by atoms with Crippen LogP contribution in [0.5, 0.6) is 0 Å². The third kappa shape index (κ3) is 2.67. The fourth-order valence-corrected chi connectivity index (χ4v) is 3.30. The lowest BCUT2D eigenvalue weighted by atomic mass is 9.63. The Labute approximate surface area is 109 Å². The summed E-state index contributed by atoms with van der Waals surface area (Å²) in [7, 11) is 2.12. The van der Waals surface area contributed by atoms with Gasteiger partial charge in [-0.1, -0.05) is 6.92 Å². The molecule has 1 N–H and O–H groups in total. The summed E-state index contributed by atoms with van der Waals surface area (Å²) in [4.78, 5) is 14.4. The molecule has 1 amide bonds. The second-order valence-corrected chi connectivity index (χ2v) is 6.19. The molecule has 1 saturated heterocycles. The topological polar surface area (TPSA) is 56.1 Å². The van der Waals surface area contributed by atoms with Crippen molar-refractivity contribution >= 4 is 5.91 Å². The number of rotatable bonds is 3. The zero-order valence-corrected chi connectivity index (χ0v) is 11.4. The Bertz CT molecular complexity index is 355. The molecule has 1 saturated carbocycles. The van der Waals surface area contributed by atoms with Crippen LogP contribution in [0.3, 0.4) is 0 Å². The summed E-state index contributed by atoms with van der Waals surface area (Å²) in [6.07, 6.45) is 3.83. The number of nitrogens with one attached hydrogen (secondary N) is 1. The van der Waals surface area contributed by atoms with Crippen LogP contribution in [0.15, 0.2) is 0 Å². The first-order valence-corrected chi connectivity index (χ1v) is 6.94. The van der Waals surface area contributed by atoms with Crippen molar-refractivity contribution in [2.24, 2.45) is 17.3 Å². The molecule has 0 aromatic heterocycles. The van der Waals surface area contributed by atoms with Gasteiger partial charge < -0.3 is 10.2 Å². The first-order chi connectivity index (χ1) is 8.55. The highest BCUT2D eigenvalue weighted by Gasteiger charge is 2.48. The molecule has 18 heavy (non-hydrogen) atoms. The standard InChI is InChI=1S/C14H23N3O/c1-11-6-14(7-11,10-15)13(18)16-8-12-4-3-5-17(2)9-12/h11-12H,3-9H2,1-2H3,(H,16,18). The number of likely N-dealkylation sites (tertiary alicyclic amines) is 1. The summed E-state index contributed by atoms with van der Waals surface area (Å²) >= 11 is 0. The second kappa shape index (κ2) is 5.27. The highest BCUT2D eigenvalue weighted by atomic mass is 16.2. The van der Waals surface area contributed by atoms with Gasteiger partial charge in [0.1, 0.15) is 5.41 Å². The van der Waals surface area contributed by atoms with Crippen molar-refractivity contribution in [2.75, 3.05) is 26.7 Å². The minimum atomic E-state index is -0.722. The Morgan fingerprint density at radius 3 is 2.83 bits per heavy atom. The van der Waals surface area contributed by atoms with E-state index in [1.807, 2.05) is 0 Å². The third-order valence-corrected chi connectivity index (χ3v) is 4.32. The predicted molar refractivity (Wildman–Crippen MR) is 69.7 cm³/mol. The minimum absolute atomic E-state index is 0.0451. The Balaban J connectivity index is 1.80. The fraction of sp³-hybridized carbons (Fsp3) is 0.857. The van der Waals surface area contributed by atoms with E-state index < -0.39 is 5.41 Å². The second-order valence-electron chi connectivity index (χ2n) is 6.19. The molecule has 0 aromatic rings. The molecule has 100 valence electrons. The Hall–Kier alpha value is -1.08. The van der Waals surface area contributed by atoms with Crippen LogP contribution >= 0.6 is 0 Å². The van der Waals surface area contributed by atoms with Crippen LogP contribution < -0.4 is 5.32 Å². The SMILES string of the molecule is CC1CC(C#N)(C(=O)NCC2CCCN(C)C2)C1. The molecule has 1 aliphatic heterocycles. The number of carbonyl (C=O) groups excluding carboxylic acids is 1. The highest BCUT2D eigenvalue weighted by molar-refractivity contribution is 5.86. The molecule has 0 bridgehead atoms. The molecule has 0 radical (unpaired) electrons. The number of hydrogen-bond donors (Lipinski definition) is 1. The molecule has 0 aromatic carbocycles. The van der Waals surface area contributed by atoms with E-state index in [-0.39, 0.29) is 5.91 Å². The molecule has 2 rings (SSSR count). The molecule has 2 aliphatic rings. The Morgan fingerprint density at radius 1 is 1.56 bits per heavy atom. The lowest BCUT2D eigenvalue weighted by Gasteiger charge is -2.39. The lowest BCUT2D eigenvalue weighted by Crippen LogP contribution is -2.50. The van der Waals surface area contributed by atoms with Crippen LogP contribution in [0, 0.1) is 28.6 Å². The van der Waals surface area contributed by atoms with Crippen LogP contribution in [-0.2, 0) is 4.79 Å². The first kappa shape index (κ1) is 13.4. The van der Waals surface area contributed by atoms with E-state index in [2.05, 4.69) is 30.3 Å². The van der Waals surface area contributed by atoms with Crippen LogP contribution in [0.25, 0.3) is 0 Å². The fourth-order valence-electron chi connectivity index (χ4n) is 3.30. The maximum absolute atomic E-state index is 12.1. The summed E-state index contributed by atoms with van der Waals surface area (Å²) in [5, 5.41) is 12.2. The van der Waals surface area contributed by atoms with Gasteiger partial charge in [-0.25, -0.2) is 0 Å². The maximum Gasteiger partial charge on any atom is 0.240 e. The molecule has 2 fully saturated rings. The number of amides is 1. The Kier molecular flexibility index (Phi) is 3.91. The van der Waals surface area contributed by atoms with Gasteiger partial charge >= 0.3 is 0 Å². The molecule has 4 heteroatoms. The number of piperidine rings is 1. The zero-order chi connectivity index (χ0) is 13.2. The zero-order valence-electron chi connectivity index (χ0n) is 11.4. The molecule has 1 heterocycles. The van der Waals surface area contributed by atoms with Gasteiger partial charge in [-0.05, 0) is 51.1 Å². The van der Waals surface area contributed by atoms with Crippen LogP contribution in [0.2, 0.25) is 0 Å². The predicted octanol–water partition coefficient (Wildman–Crippen LogP) is 1.38. The van der Waals surface area contributed by atoms with E-state index in [4.69, 9.17) is 0 Å². The smallest absolute Gasteiger partial charge is 0.240 e. The van der Waals surface area contributed by atoms with Crippen molar-refractivity contribution in [3.05, 3.63) is 0 Å². The van der Waals surface area contributed by atoms with Gasteiger partial charge in [0, 0.05) is 13.1 Å². The van der Waals surface area contributed by atoms with Crippen LogP contribution in [0.4, 0.5) is 0 Å². The molecule has 4 nitrogen and oxygen atoms in total. The summed E-state index contributed by atoms with van der Waals surface area (Å²) in [5.74, 6) is 1.01. The van der Waals surface area contributed by atoms with Crippen molar-refractivity contribution < 1.29 is 4.79 Å². The average Bonchev–Trinajstić information content (AvgIpc) is 2.32. The van der Waals surface area contributed by atoms with E-state index in [1.165, 1.54) is 12.8 Å². The van der Waals surface area contributed by atoms with E-state index in [1.54, 1.807) is 0 Å². The quantitative estimate of drug-likeness (QED) is 0.822. The summed E-state index contributed by atoms with van der Waals surface area (Å²) < 4.78 is 0. The van der Waals surface area contributed by atoms with Crippen LogP contribution in [0.1, 0.15) is 32.6 Å². The summed E-state index contributed by atoms with van der Waals surface area (Å²) in [6.45, 7) is 5.03. The van der Waals surface area contributed by atoms with Gasteiger partial charge in [-0.2, -0.15) is 5.26 Å². The van der Waals surface area contributed by atoms with Gasteiger partial charge in [0.25, 0.3) is 0 Å². The van der Waals surface area contributed by atoms with Crippen molar-refractivity contribution in [2.45, 2.75) is 32.6 Å². The van der Waals surface area contributed by atoms with Crippen molar-refractivity contribution in [1.82, 2.24) is 10.2 Å². The van der Waals surface area contributed by atoms with E-state index >= 15 is 0 Å². The van der Waals surface area contributed by atoms with Gasteiger partial charge in [0.05, 0.1) is 6.07 Å².